The number of carboxylic acid groups (broad SMARTS) is 1. The molecule has 92 valence electrons. The average Bonchev–Trinajstić information content (AvgIpc) is 2.28. The molecule has 1 aromatic carbocycles. The molecule has 0 heterocycles. The lowest BCUT2D eigenvalue weighted by Gasteiger charge is -2.13. The van der Waals surface area contributed by atoms with Crippen molar-refractivity contribution in [3.8, 4) is 0 Å². The molecule has 3 N–H and O–H groups in total. The predicted octanol–water partition coefficient (Wildman–Crippen LogP) is 0.560. The summed E-state index contributed by atoms with van der Waals surface area (Å²) in [5, 5.41) is 19.9. The monoisotopic (exact) mass is 237 g/mol. The molecule has 1 aromatic rings. The van der Waals surface area contributed by atoms with Crippen molar-refractivity contribution in [2.24, 2.45) is 0 Å². The van der Waals surface area contributed by atoms with Gasteiger partial charge < -0.3 is 15.5 Å². The summed E-state index contributed by atoms with van der Waals surface area (Å²) < 4.78 is 0. The van der Waals surface area contributed by atoms with Crippen LogP contribution in [0.4, 0.5) is 0 Å². The Kier molecular flexibility index (Phi) is 4.66. The highest BCUT2D eigenvalue weighted by molar-refractivity contribution is 5.96. The maximum absolute atomic E-state index is 11.7. The maximum atomic E-state index is 11.7. The van der Waals surface area contributed by atoms with E-state index in [2.05, 4.69) is 5.32 Å². The normalized spacial score (nSPS) is 11.9. The Morgan fingerprint density at radius 2 is 2.12 bits per heavy atom. The van der Waals surface area contributed by atoms with Crippen LogP contribution in [0.5, 0.6) is 0 Å². The minimum Gasteiger partial charge on any atom is -0.480 e. The zero-order valence-corrected chi connectivity index (χ0v) is 9.51. The third-order valence-corrected chi connectivity index (χ3v) is 2.30. The second kappa shape index (κ2) is 6.00. The molecule has 0 saturated carbocycles. The third-order valence-electron chi connectivity index (χ3n) is 2.30. The summed E-state index contributed by atoms with van der Waals surface area (Å²) in [5.74, 6) is -1.60. The Hall–Kier alpha value is -1.88. The Labute approximate surface area is 99.1 Å². The fourth-order valence-corrected chi connectivity index (χ4v) is 1.41. The number of amides is 1. The van der Waals surface area contributed by atoms with Crippen molar-refractivity contribution in [2.45, 2.75) is 19.4 Å². The highest BCUT2D eigenvalue weighted by Crippen LogP contribution is 2.04. The van der Waals surface area contributed by atoms with Gasteiger partial charge >= 0.3 is 5.97 Å². The number of rotatable bonds is 5. The largest absolute Gasteiger partial charge is 0.480 e. The van der Waals surface area contributed by atoms with E-state index in [-0.39, 0.29) is 13.0 Å². The van der Waals surface area contributed by atoms with Gasteiger partial charge in [-0.3, -0.25) is 4.79 Å². The fourth-order valence-electron chi connectivity index (χ4n) is 1.41. The van der Waals surface area contributed by atoms with E-state index >= 15 is 0 Å². The number of hydrogen-bond acceptors (Lipinski definition) is 3. The van der Waals surface area contributed by atoms with Crippen LogP contribution in [-0.4, -0.2) is 34.7 Å². The van der Waals surface area contributed by atoms with E-state index in [1.165, 1.54) is 0 Å². The van der Waals surface area contributed by atoms with E-state index in [1.54, 1.807) is 18.2 Å². The Balaban J connectivity index is 2.73. The lowest BCUT2D eigenvalue weighted by atomic mass is 10.1. The number of aryl methyl sites for hydroxylation is 1. The van der Waals surface area contributed by atoms with Gasteiger partial charge in [0.05, 0.1) is 0 Å². The molecule has 0 fully saturated rings. The number of benzene rings is 1. The van der Waals surface area contributed by atoms with Crippen molar-refractivity contribution in [2.75, 3.05) is 6.61 Å². The van der Waals surface area contributed by atoms with Gasteiger partial charge in [-0.25, -0.2) is 4.79 Å². The minimum atomic E-state index is -1.15. The molecule has 0 spiro atoms. The van der Waals surface area contributed by atoms with Gasteiger partial charge in [0.15, 0.2) is 0 Å². The summed E-state index contributed by atoms with van der Waals surface area (Å²) in [5.41, 5.74) is 1.33. The summed E-state index contributed by atoms with van der Waals surface area (Å²) >= 11 is 0. The van der Waals surface area contributed by atoms with Gasteiger partial charge in [-0.15, -0.1) is 0 Å². The lowest BCUT2D eigenvalue weighted by Crippen LogP contribution is -2.41. The first-order valence-electron chi connectivity index (χ1n) is 5.26. The van der Waals surface area contributed by atoms with E-state index in [1.807, 2.05) is 13.0 Å². The van der Waals surface area contributed by atoms with Gasteiger partial charge in [0, 0.05) is 18.6 Å². The van der Waals surface area contributed by atoms with E-state index < -0.39 is 17.9 Å². The summed E-state index contributed by atoms with van der Waals surface area (Å²) in [6.07, 6.45) is -0.00705. The molecule has 0 aliphatic rings. The predicted molar refractivity (Wildman–Crippen MR) is 61.8 cm³/mol. The van der Waals surface area contributed by atoms with Crippen molar-refractivity contribution < 1.29 is 19.8 Å². The quantitative estimate of drug-likeness (QED) is 0.698. The van der Waals surface area contributed by atoms with Crippen molar-refractivity contribution >= 4 is 11.9 Å². The van der Waals surface area contributed by atoms with Crippen LogP contribution in [-0.2, 0) is 4.79 Å². The number of carbonyl (C=O) groups is 2. The molecule has 1 rings (SSSR count). The number of hydrogen-bond donors (Lipinski definition) is 3. The summed E-state index contributed by atoms with van der Waals surface area (Å²) in [6.45, 7) is 1.56. The van der Waals surface area contributed by atoms with Crippen molar-refractivity contribution in [1.29, 1.82) is 0 Å². The molecule has 1 atom stereocenters. The zero-order valence-electron chi connectivity index (χ0n) is 9.51. The molecule has 5 heteroatoms. The van der Waals surface area contributed by atoms with Crippen molar-refractivity contribution in [3.63, 3.8) is 0 Å². The number of aliphatic hydroxyl groups is 1. The molecule has 0 aromatic heterocycles. The maximum Gasteiger partial charge on any atom is 0.326 e. The second-order valence-electron chi connectivity index (χ2n) is 3.75. The molecule has 1 amide bonds. The SMILES string of the molecule is Cc1cccc(C(=O)N[C@@H](CCO)C(=O)O)c1. The van der Waals surface area contributed by atoms with Crippen molar-refractivity contribution in [3.05, 3.63) is 35.4 Å². The van der Waals surface area contributed by atoms with E-state index in [0.29, 0.717) is 5.56 Å². The van der Waals surface area contributed by atoms with Crippen LogP contribution in [0.1, 0.15) is 22.3 Å². The van der Waals surface area contributed by atoms with E-state index in [0.717, 1.165) is 5.56 Å². The van der Waals surface area contributed by atoms with Crippen LogP contribution in [0, 0.1) is 6.92 Å². The molecule has 0 bridgehead atoms. The fraction of sp³-hybridized carbons (Fsp3) is 0.333. The first kappa shape index (κ1) is 13.2. The van der Waals surface area contributed by atoms with Crippen LogP contribution in [0.2, 0.25) is 0 Å². The van der Waals surface area contributed by atoms with Crippen LogP contribution >= 0.6 is 0 Å². The van der Waals surface area contributed by atoms with Crippen molar-refractivity contribution in [1.82, 2.24) is 5.32 Å². The van der Waals surface area contributed by atoms with Crippen LogP contribution < -0.4 is 5.32 Å². The van der Waals surface area contributed by atoms with Gasteiger partial charge in [-0.1, -0.05) is 17.7 Å². The van der Waals surface area contributed by atoms with Gasteiger partial charge in [0.1, 0.15) is 6.04 Å². The highest BCUT2D eigenvalue weighted by atomic mass is 16.4. The molecular formula is C12H15NO4. The molecule has 5 nitrogen and oxygen atoms in total. The average molecular weight is 237 g/mol. The summed E-state index contributed by atoms with van der Waals surface area (Å²) in [6, 6.07) is 5.80. The first-order chi connectivity index (χ1) is 8.04. The van der Waals surface area contributed by atoms with E-state index in [9.17, 15) is 9.59 Å². The molecular weight excluding hydrogens is 222 g/mol. The second-order valence-corrected chi connectivity index (χ2v) is 3.75. The first-order valence-corrected chi connectivity index (χ1v) is 5.26. The molecule has 17 heavy (non-hydrogen) atoms. The van der Waals surface area contributed by atoms with Crippen LogP contribution in [0.3, 0.4) is 0 Å². The number of carboxylic acids is 1. The standard InChI is InChI=1S/C12H15NO4/c1-8-3-2-4-9(7-8)11(15)13-10(5-6-14)12(16)17/h2-4,7,10,14H,5-6H2,1H3,(H,13,15)(H,16,17)/t10-/m0/s1. The molecule has 0 saturated heterocycles. The zero-order chi connectivity index (χ0) is 12.8. The third kappa shape index (κ3) is 3.88. The van der Waals surface area contributed by atoms with Crippen LogP contribution in [0.25, 0.3) is 0 Å². The minimum absolute atomic E-state index is 0.00705. The van der Waals surface area contributed by atoms with Gasteiger partial charge in [0.2, 0.25) is 0 Å². The van der Waals surface area contributed by atoms with Gasteiger partial charge in [-0.05, 0) is 19.1 Å². The Bertz CT molecular complexity index is 417. The lowest BCUT2D eigenvalue weighted by molar-refractivity contribution is -0.139. The topological polar surface area (TPSA) is 86.6 Å². The number of aliphatic hydroxyl groups excluding tert-OH is 1. The van der Waals surface area contributed by atoms with Gasteiger partial charge in [-0.2, -0.15) is 0 Å². The number of aliphatic carboxylic acids is 1. The molecule has 0 aliphatic carbocycles. The number of carbonyl (C=O) groups excluding carboxylic acids is 1. The summed E-state index contributed by atoms with van der Waals surface area (Å²) in [4.78, 5) is 22.5. The Morgan fingerprint density at radius 3 is 2.65 bits per heavy atom. The number of nitrogens with one attached hydrogen (secondary N) is 1. The molecule has 0 radical (unpaired) electrons. The Morgan fingerprint density at radius 1 is 1.41 bits per heavy atom. The van der Waals surface area contributed by atoms with Crippen LogP contribution in [0.15, 0.2) is 24.3 Å². The summed E-state index contributed by atoms with van der Waals surface area (Å²) in [7, 11) is 0. The highest BCUT2D eigenvalue weighted by Gasteiger charge is 2.19. The molecule has 0 unspecified atom stereocenters. The smallest absolute Gasteiger partial charge is 0.326 e. The molecule has 0 aliphatic heterocycles. The van der Waals surface area contributed by atoms with Gasteiger partial charge in [0.25, 0.3) is 5.91 Å². The van der Waals surface area contributed by atoms with E-state index in [4.69, 9.17) is 10.2 Å².